The maximum absolute atomic E-state index is 13.3. The Hall–Kier alpha value is -3.56. The van der Waals surface area contributed by atoms with Crippen molar-refractivity contribution < 1.29 is 14.3 Å². The molecule has 0 spiro atoms. The van der Waals surface area contributed by atoms with E-state index in [0.29, 0.717) is 37.9 Å². The number of piperazine rings is 1. The summed E-state index contributed by atoms with van der Waals surface area (Å²) in [6.07, 6.45) is 8.75. The molecule has 5 rings (SSSR count). The summed E-state index contributed by atoms with van der Waals surface area (Å²) in [5.74, 6) is 2.86. The molecular formula is C26H35N7O3. The van der Waals surface area contributed by atoms with E-state index in [1.807, 2.05) is 41.8 Å². The van der Waals surface area contributed by atoms with Crippen LogP contribution >= 0.6 is 0 Å². The first-order chi connectivity index (χ1) is 17.6. The highest BCUT2D eigenvalue weighted by molar-refractivity contribution is 5.78. The van der Waals surface area contributed by atoms with Crippen molar-refractivity contribution >= 4 is 11.6 Å². The second-order valence-corrected chi connectivity index (χ2v) is 9.52. The lowest BCUT2D eigenvalue weighted by atomic mass is 10.1. The molecule has 10 nitrogen and oxygen atoms in total. The first-order valence-corrected chi connectivity index (χ1v) is 12.9. The number of aryl methyl sites for hydroxylation is 1. The Balaban J connectivity index is 1.34. The number of carbonyl (C=O) groups excluding carboxylic acids is 1. The number of hydrogen-bond acceptors (Lipinski definition) is 7. The van der Waals surface area contributed by atoms with Crippen LogP contribution in [0.15, 0.2) is 36.7 Å². The molecule has 1 atom stereocenters. The number of hydrogen-bond donors (Lipinski definition) is 1. The van der Waals surface area contributed by atoms with E-state index in [0.717, 1.165) is 36.6 Å². The van der Waals surface area contributed by atoms with E-state index >= 15 is 0 Å². The number of aromatic amines is 1. The molecule has 0 bridgehead atoms. The molecule has 192 valence electrons. The van der Waals surface area contributed by atoms with Gasteiger partial charge in [0, 0.05) is 43.8 Å². The molecule has 2 fully saturated rings. The molecule has 10 heteroatoms. The van der Waals surface area contributed by atoms with Gasteiger partial charge in [0.15, 0.2) is 17.3 Å². The van der Waals surface area contributed by atoms with Crippen LogP contribution in [0.3, 0.4) is 0 Å². The van der Waals surface area contributed by atoms with Crippen LogP contribution in [0.25, 0.3) is 0 Å². The summed E-state index contributed by atoms with van der Waals surface area (Å²) < 4.78 is 14.1. The van der Waals surface area contributed by atoms with Gasteiger partial charge < -0.3 is 19.3 Å². The van der Waals surface area contributed by atoms with Crippen LogP contribution in [-0.2, 0) is 17.8 Å². The van der Waals surface area contributed by atoms with Crippen LogP contribution in [0.5, 0.6) is 11.5 Å². The van der Waals surface area contributed by atoms with Crippen LogP contribution in [-0.4, -0.2) is 74.2 Å². The molecule has 1 saturated carbocycles. The third kappa shape index (κ3) is 5.63. The number of aromatic nitrogens is 5. The van der Waals surface area contributed by atoms with Crippen molar-refractivity contribution in [3.8, 4) is 11.5 Å². The third-order valence-electron chi connectivity index (χ3n) is 6.90. The van der Waals surface area contributed by atoms with Crippen molar-refractivity contribution in [3.05, 3.63) is 48.3 Å². The number of rotatable bonds is 9. The number of ether oxygens (including phenoxy) is 2. The monoisotopic (exact) mass is 493 g/mol. The lowest BCUT2D eigenvalue weighted by Crippen LogP contribution is -2.57. The van der Waals surface area contributed by atoms with Gasteiger partial charge in [0.05, 0.1) is 31.7 Å². The van der Waals surface area contributed by atoms with Gasteiger partial charge in [-0.3, -0.25) is 14.6 Å². The summed E-state index contributed by atoms with van der Waals surface area (Å²) in [5, 5.41) is 11.4. The molecule has 3 aromatic rings. The minimum absolute atomic E-state index is 0.0303. The van der Waals surface area contributed by atoms with Gasteiger partial charge in [-0.05, 0) is 57.7 Å². The Bertz CT molecular complexity index is 1140. The van der Waals surface area contributed by atoms with Gasteiger partial charge >= 0.3 is 0 Å². The largest absolute Gasteiger partial charge is 0.490 e. The van der Waals surface area contributed by atoms with E-state index < -0.39 is 0 Å². The zero-order valence-electron chi connectivity index (χ0n) is 21.1. The zero-order valence-corrected chi connectivity index (χ0v) is 21.1. The van der Waals surface area contributed by atoms with E-state index in [-0.39, 0.29) is 24.5 Å². The average molecular weight is 494 g/mol. The average Bonchev–Trinajstić information content (AvgIpc) is 3.65. The number of nitrogens with zero attached hydrogens (tertiary/aromatic N) is 6. The van der Waals surface area contributed by atoms with Gasteiger partial charge in [-0.15, -0.1) is 0 Å². The zero-order chi connectivity index (χ0) is 24.9. The van der Waals surface area contributed by atoms with Crippen molar-refractivity contribution in [2.45, 2.75) is 64.6 Å². The van der Waals surface area contributed by atoms with Crippen molar-refractivity contribution in [1.29, 1.82) is 0 Å². The van der Waals surface area contributed by atoms with Gasteiger partial charge in [-0.25, -0.2) is 4.98 Å². The predicted octanol–water partition coefficient (Wildman–Crippen LogP) is 2.99. The first kappa shape index (κ1) is 24.1. The molecule has 0 unspecified atom stereocenters. The SMILES string of the molecule is CCOc1ccc(N2CCN(C(=O)Cc3n[nH]c(C)n3)[C@@H](Cn3cccn3)C2)cc1OC1CCCC1. The fourth-order valence-electron chi connectivity index (χ4n) is 5.15. The van der Waals surface area contributed by atoms with E-state index in [1.165, 1.54) is 12.8 Å². The standard InChI is InChI=1S/C26H35N7O3/c1-3-35-23-10-9-20(15-24(23)36-22-7-4-5-8-22)31-13-14-33(21(17-31)18-32-12-6-11-27-32)26(34)16-25-28-19(2)29-30-25/h6,9-12,15,21-22H,3-5,7-8,13-14,16-18H2,1-2H3,(H,28,29,30)/t21-/m1/s1. The van der Waals surface area contributed by atoms with Crippen molar-refractivity contribution in [2.75, 3.05) is 31.1 Å². The van der Waals surface area contributed by atoms with Crippen LogP contribution in [0.2, 0.25) is 0 Å². The molecule has 1 amide bonds. The maximum Gasteiger partial charge on any atom is 0.230 e. The molecule has 1 N–H and O–H groups in total. The number of anilines is 1. The predicted molar refractivity (Wildman–Crippen MR) is 135 cm³/mol. The lowest BCUT2D eigenvalue weighted by molar-refractivity contribution is -0.133. The second kappa shape index (κ2) is 11.0. The molecule has 2 aliphatic rings. The number of H-pyrrole nitrogens is 1. The number of carbonyl (C=O) groups is 1. The Morgan fingerprint density at radius 3 is 2.78 bits per heavy atom. The van der Waals surface area contributed by atoms with Gasteiger partial charge in [0.1, 0.15) is 5.82 Å². The molecule has 0 radical (unpaired) electrons. The Kier molecular flexibility index (Phi) is 7.39. The normalized spacial score (nSPS) is 18.6. The maximum atomic E-state index is 13.3. The van der Waals surface area contributed by atoms with Crippen molar-refractivity contribution in [3.63, 3.8) is 0 Å². The Morgan fingerprint density at radius 2 is 2.06 bits per heavy atom. The summed E-state index contributed by atoms with van der Waals surface area (Å²) in [4.78, 5) is 21.9. The third-order valence-corrected chi connectivity index (χ3v) is 6.90. The van der Waals surface area contributed by atoms with Gasteiger partial charge in [-0.2, -0.15) is 10.2 Å². The highest BCUT2D eigenvalue weighted by atomic mass is 16.5. The number of benzene rings is 1. The van der Waals surface area contributed by atoms with Crippen LogP contribution in [0, 0.1) is 6.92 Å². The van der Waals surface area contributed by atoms with Gasteiger partial charge in [0.25, 0.3) is 0 Å². The first-order valence-electron chi connectivity index (χ1n) is 12.9. The molecule has 36 heavy (non-hydrogen) atoms. The Morgan fingerprint density at radius 1 is 1.19 bits per heavy atom. The summed E-state index contributed by atoms with van der Waals surface area (Å²) >= 11 is 0. The van der Waals surface area contributed by atoms with Crippen LogP contribution in [0.4, 0.5) is 5.69 Å². The van der Waals surface area contributed by atoms with Gasteiger partial charge in [-0.1, -0.05) is 0 Å². The minimum Gasteiger partial charge on any atom is -0.490 e. The smallest absolute Gasteiger partial charge is 0.230 e. The number of amides is 1. The number of nitrogens with one attached hydrogen (secondary N) is 1. The van der Waals surface area contributed by atoms with Crippen LogP contribution in [0.1, 0.15) is 44.3 Å². The topological polar surface area (TPSA) is 101 Å². The summed E-state index contributed by atoms with van der Waals surface area (Å²) in [6, 6.07) is 8.06. The van der Waals surface area contributed by atoms with E-state index in [9.17, 15) is 4.79 Å². The summed E-state index contributed by atoms with van der Waals surface area (Å²) in [5.41, 5.74) is 1.08. The van der Waals surface area contributed by atoms with E-state index in [2.05, 4.69) is 37.3 Å². The second-order valence-electron chi connectivity index (χ2n) is 9.52. The molecule has 2 aromatic heterocycles. The highest BCUT2D eigenvalue weighted by Gasteiger charge is 2.32. The van der Waals surface area contributed by atoms with E-state index in [4.69, 9.17) is 9.47 Å². The molecule has 1 aliphatic carbocycles. The molecule has 1 saturated heterocycles. The fraction of sp³-hybridized carbons (Fsp3) is 0.538. The highest BCUT2D eigenvalue weighted by Crippen LogP contribution is 2.36. The van der Waals surface area contributed by atoms with E-state index in [1.54, 1.807) is 6.20 Å². The van der Waals surface area contributed by atoms with Gasteiger partial charge in [0.2, 0.25) is 5.91 Å². The quantitative estimate of drug-likeness (QED) is 0.489. The van der Waals surface area contributed by atoms with Crippen molar-refractivity contribution in [1.82, 2.24) is 29.9 Å². The molecular weight excluding hydrogens is 458 g/mol. The molecule has 1 aromatic carbocycles. The Labute approximate surface area is 211 Å². The molecule has 3 heterocycles. The lowest BCUT2D eigenvalue weighted by Gasteiger charge is -2.42. The van der Waals surface area contributed by atoms with Crippen molar-refractivity contribution in [2.24, 2.45) is 0 Å². The minimum atomic E-state index is -0.0445. The molecule has 1 aliphatic heterocycles. The summed E-state index contributed by atoms with van der Waals surface area (Å²) in [7, 11) is 0. The summed E-state index contributed by atoms with van der Waals surface area (Å²) in [6.45, 7) is 7.06. The fourth-order valence-corrected chi connectivity index (χ4v) is 5.15. The van der Waals surface area contributed by atoms with Crippen LogP contribution < -0.4 is 14.4 Å².